The van der Waals surface area contributed by atoms with E-state index in [-0.39, 0.29) is 29.9 Å². The van der Waals surface area contributed by atoms with Crippen molar-refractivity contribution in [1.29, 1.82) is 0 Å². The Bertz CT molecular complexity index is 447. The largest absolute Gasteiger partial charge is 0.416 e. The average molecular weight is 295 g/mol. The maximum absolute atomic E-state index is 12.4. The molecule has 2 rings (SSSR count). The van der Waals surface area contributed by atoms with Crippen molar-refractivity contribution in [1.82, 2.24) is 4.90 Å². The van der Waals surface area contributed by atoms with E-state index in [1.165, 1.54) is 12.1 Å². The Morgan fingerprint density at radius 1 is 1.26 bits per heavy atom. The van der Waals surface area contributed by atoms with E-state index in [0.29, 0.717) is 13.1 Å². The maximum atomic E-state index is 12.4. The lowest BCUT2D eigenvalue weighted by Crippen LogP contribution is -2.31. The van der Waals surface area contributed by atoms with E-state index >= 15 is 0 Å². The van der Waals surface area contributed by atoms with E-state index in [1.54, 1.807) is 4.90 Å². The lowest BCUT2D eigenvalue weighted by atomic mass is 10.1. The van der Waals surface area contributed by atoms with E-state index in [4.69, 9.17) is 5.73 Å². The molecule has 1 heterocycles. The van der Waals surface area contributed by atoms with E-state index in [2.05, 4.69) is 0 Å². The molecule has 1 saturated heterocycles. The highest BCUT2D eigenvalue weighted by molar-refractivity contribution is 5.94. The number of carbonyl (C=O) groups excluding carboxylic acids is 1. The van der Waals surface area contributed by atoms with Crippen LogP contribution in [0.1, 0.15) is 22.3 Å². The Hall–Kier alpha value is -1.27. The summed E-state index contributed by atoms with van der Waals surface area (Å²) in [5, 5.41) is 0. The van der Waals surface area contributed by atoms with Gasteiger partial charge < -0.3 is 10.6 Å². The van der Waals surface area contributed by atoms with Gasteiger partial charge in [0.15, 0.2) is 0 Å². The van der Waals surface area contributed by atoms with Crippen molar-refractivity contribution in [2.45, 2.75) is 18.6 Å². The van der Waals surface area contributed by atoms with Crippen LogP contribution in [0.3, 0.4) is 0 Å². The molecule has 0 saturated carbocycles. The van der Waals surface area contributed by atoms with Gasteiger partial charge in [0.25, 0.3) is 5.91 Å². The second kappa shape index (κ2) is 5.79. The minimum Gasteiger partial charge on any atom is -0.337 e. The fraction of sp³-hybridized carbons (Fsp3) is 0.417. The molecule has 0 bridgehead atoms. The van der Waals surface area contributed by atoms with Crippen LogP contribution in [0.15, 0.2) is 24.3 Å². The second-order valence-electron chi connectivity index (χ2n) is 4.38. The van der Waals surface area contributed by atoms with Gasteiger partial charge in [-0.1, -0.05) is 0 Å². The molecule has 0 spiro atoms. The third-order valence-electron chi connectivity index (χ3n) is 2.97. The summed E-state index contributed by atoms with van der Waals surface area (Å²) in [7, 11) is 0. The van der Waals surface area contributed by atoms with Crippen LogP contribution in [0.2, 0.25) is 0 Å². The van der Waals surface area contributed by atoms with Crippen LogP contribution in [0, 0.1) is 0 Å². The normalized spacial score (nSPS) is 19.2. The van der Waals surface area contributed by atoms with Crippen LogP contribution < -0.4 is 5.73 Å². The Balaban J connectivity index is 0.00000180. The van der Waals surface area contributed by atoms with Gasteiger partial charge in [-0.15, -0.1) is 12.4 Å². The van der Waals surface area contributed by atoms with Crippen molar-refractivity contribution >= 4 is 18.3 Å². The topological polar surface area (TPSA) is 46.3 Å². The highest BCUT2D eigenvalue weighted by Crippen LogP contribution is 2.29. The van der Waals surface area contributed by atoms with Crippen molar-refractivity contribution in [2.75, 3.05) is 13.1 Å². The molecule has 1 aliphatic rings. The molecule has 2 N–H and O–H groups in total. The summed E-state index contributed by atoms with van der Waals surface area (Å²) in [6.45, 7) is 1.01. The first kappa shape index (κ1) is 15.8. The quantitative estimate of drug-likeness (QED) is 0.864. The standard InChI is InChI=1S/C12H13F3N2O.ClH/c13-12(14,15)9-3-1-8(2-4-9)11(18)17-6-5-10(16)7-17;/h1-4,10H,5-7,16H2;1H/t10-;/m1./s1. The van der Waals surface area contributed by atoms with Crippen LogP contribution in [0.25, 0.3) is 0 Å². The first-order valence-electron chi connectivity index (χ1n) is 5.60. The number of nitrogens with zero attached hydrogens (tertiary/aromatic N) is 1. The maximum Gasteiger partial charge on any atom is 0.416 e. The summed E-state index contributed by atoms with van der Waals surface area (Å²) < 4.78 is 37.1. The van der Waals surface area contributed by atoms with Crippen molar-refractivity contribution in [2.24, 2.45) is 5.73 Å². The third kappa shape index (κ3) is 3.61. The highest BCUT2D eigenvalue weighted by atomic mass is 35.5. The molecule has 1 aromatic rings. The van der Waals surface area contributed by atoms with Crippen molar-refractivity contribution in [3.63, 3.8) is 0 Å². The molecule has 106 valence electrons. The molecular weight excluding hydrogens is 281 g/mol. The summed E-state index contributed by atoms with van der Waals surface area (Å²) in [4.78, 5) is 13.5. The molecule has 1 aliphatic heterocycles. The number of rotatable bonds is 1. The number of amides is 1. The molecule has 0 aliphatic carbocycles. The van der Waals surface area contributed by atoms with Gasteiger partial charge in [0.1, 0.15) is 0 Å². The average Bonchev–Trinajstić information content (AvgIpc) is 2.74. The summed E-state index contributed by atoms with van der Waals surface area (Å²) >= 11 is 0. The Labute approximate surface area is 115 Å². The summed E-state index contributed by atoms with van der Waals surface area (Å²) in [5.41, 5.74) is 5.19. The highest BCUT2D eigenvalue weighted by Gasteiger charge is 2.31. The Morgan fingerprint density at radius 2 is 1.84 bits per heavy atom. The number of carbonyl (C=O) groups is 1. The van der Waals surface area contributed by atoms with E-state index in [1.807, 2.05) is 0 Å². The molecule has 0 aromatic heterocycles. The molecule has 1 amide bonds. The molecular formula is C12H14ClF3N2O. The SMILES string of the molecule is Cl.N[C@@H]1CCN(C(=O)c2ccc(C(F)(F)F)cc2)C1. The van der Waals surface area contributed by atoms with Gasteiger partial charge in [-0.2, -0.15) is 13.2 Å². The molecule has 7 heteroatoms. The van der Waals surface area contributed by atoms with Crippen LogP contribution in [-0.2, 0) is 6.18 Å². The van der Waals surface area contributed by atoms with Gasteiger partial charge in [-0.05, 0) is 30.7 Å². The zero-order valence-electron chi connectivity index (χ0n) is 9.98. The minimum atomic E-state index is -4.38. The van der Waals surface area contributed by atoms with Gasteiger partial charge >= 0.3 is 6.18 Å². The predicted octanol–water partition coefficient (Wildman–Crippen LogP) is 2.30. The van der Waals surface area contributed by atoms with Crippen molar-refractivity contribution in [3.8, 4) is 0 Å². The zero-order valence-corrected chi connectivity index (χ0v) is 10.8. The van der Waals surface area contributed by atoms with Crippen LogP contribution in [-0.4, -0.2) is 29.9 Å². The Morgan fingerprint density at radius 3 is 2.26 bits per heavy atom. The lowest BCUT2D eigenvalue weighted by molar-refractivity contribution is -0.137. The summed E-state index contributed by atoms with van der Waals surface area (Å²) in [6.07, 6.45) is -3.65. The fourth-order valence-corrected chi connectivity index (χ4v) is 1.96. The first-order chi connectivity index (χ1) is 8.38. The predicted molar refractivity (Wildman–Crippen MR) is 67.2 cm³/mol. The lowest BCUT2D eigenvalue weighted by Gasteiger charge is -2.16. The van der Waals surface area contributed by atoms with Gasteiger partial charge in [0.05, 0.1) is 5.56 Å². The number of hydrogen-bond donors (Lipinski definition) is 1. The third-order valence-corrected chi connectivity index (χ3v) is 2.97. The first-order valence-corrected chi connectivity index (χ1v) is 5.60. The number of hydrogen-bond acceptors (Lipinski definition) is 2. The van der Waals surface area contributed by atoms with Gasteiger partial charge in [0.2, 0.25) is 0 Å². The molecule has 19 heavy (non-hydrogen) atoms. The van der Waals surface area contributed by atoms with Crippen molar-refractivity contribution < 1.29 is 18.0 Å². The number of benzene rings is 1. The fourth-order valence-electron chi connectivity index (χ4n) is 1.96. The van der Waals surface area contributed by atoms with E-state index in [9.17, 15) is 18.0 Å². The molecule has 0 radical (unpaired) electrons. The minimum absolute atomic E-state index is 0. The van der Waals surface area contributed by atoms with Gasteiger partial charge in [-0.25, -0.2) is 0 Å². The van der Waals surface area contributed by atoms with Gasteiger partial charge in [0, 0.05) is 24.7 Å². The summed E-state index contributed by atoms with van der Waals surface area (Å²) in [6, 6.07) is 4.21. The second-order valence-corrected chi connectivity index (χ2v) is 4.38. The molecule has 1 atom stereocenters. The molecule has 0 unspecified atom stereocenters. The number of halogens is 4. The number of alkyl halides is 3. The van der Waals surface area contributed by atoms with E-state index in [0.717, 1.165) is 18.6 Å². The molecule has 3 nitrogen and oxygen atoms in total. The Kier molecular flexibility index (Phi) is 4.81. The van der Waals surface area contributed by atoms with Gasteiger partial charge in [-0.3, -0.25) is 4.79 Å². The van der Waals surface area contributed by atoms with Crippen LogP contribution >= 0.6 is 12.4 Å². The monoisotopic (exact) mass is 294 g/mol. The number of nitrogens with two attached hydrogens (primary N) is 1. The van der Waals surface area contributed by atoms with Crippen LogP contribution in [0.4, 0.5) is 13.2 Å². The van der Waals surface area contributed by atoms with Crippen LogP contribution in [0.5, 0.6) is 0 Å². The molecule has 1 fully saturated rings. The number of likely N-dealkylation sites (tertiary alicyclic amines) is 1. The zero-order chi connectivity index (χ0) is 13.3. The van der Waals surface area contributed by atoms with E-state index < -0.39 is 11.7 Å². The smallest absolute Gasteiger partial charge is 0.337 e. The molecule has 1 aromatic carbocycles. The summed E-state index contributed by atoms with van der Waals surface area (Å²) in [5.74, 6) is -0.267. The van der Waals surface area contributed by atoms with Crippen molar-refractivity contribution in [3.05, 3.63) is 35.4 Å².